The van der Waals surface area contributed by atoms with E-state index in [2.05, 4.69) is 0 Å². The predicted molar refractivity (Wildman–Crippen MR) is 63.3 cm³/mol. The number of amides is 1. The average Bonchev–Trinajstić information content (AvgIpc) is 2.14. The molecule has 0 aromatic heterocycles. The van der Waals surface area contributed by atoms with E-state index in [-0.39, 0.29) is 12.2 Å². The highest BCUT2D eigenvalue weighted by molar-refractivity contribution is 5.67. The molecule has 1 atom stereocenters. The first kappa shape index (κ1) is 15.2. The third kappa shape index (κ3) is 6.63. The second kappa shape index (κ2) is 6.70. The molecule has 0 saturated carbocycles. The Labute approximate surface area is 97.9 Å². The van der Waals surface area contributed by atoms with Crippen LogP contribution in [0.1, 0.15) is 27.7 Å². The van der Waals surface area contributed by atoms with Gasteiger partial charge in [-0.3, -0.25) is 0 Å². The summed E-state index contributed by atoms with van der Waals surface area (Å²) >= 11 is 0. The van der Waals surface area contributed by atoms with E-state index in [0.29, 0.717) is 19.7 Å². The van der Waals surface area contributed by atoms with Gasteiger partial charge in [-0.05, 0) is 27.7 Å². The highest BCUT2D eigenvalue weighted by atomic mass is 16.6. The summed E-state index contributed by atoms with van der Waals surface area (Å²) < 4.78 is 10.6. The van der Waals surface area contributed by atoms with Crippen molar-refractivity contribution in [1.82, 2.24) is 4.90 Å². The van der Waals surface area contributed by atoms with Gasteiger partial charge in [0.05, 0.1) is 12.6 Å². The molecule has 0 unspecified atom stereocenters. The van der Waals surface area contributed by atoms with Crippen molar-refractivity contribution >= 4 is 6.09 Å². The first-order chi connectivity index (χ1) is 7.30. The Hall–Kier alpha value is -0.810. The van der Waals surface area contributed by atoms with Crippen molar-refractivity contribution < 1.29 is 14.3 Å². The monoisotopic (exact) mass is 232 g/mol. The van der Waals surface area contributed by atoms with Gasteiger partial charge in [0.2, 0.25) is 0 Å². The van der Waals surface area contributed by atoms with Gasteiger partial charge in [0.15, 0.2) is 0 Å². The van der Waals surface area contributed by atoms with Gasteiger partial charge < -0.3 is 20.1 Å². The lowest BCUT2D eigenvalue weighted by Gasteiger charge is -2.27. The SMILES string of the molecule is CCO[C@H](CN)CN(C)C(=O)OC(C)(C)C. The van der Waals surface area contributed by atoms with Crippen LogP contribution >= 0.6 is 0 Å². The zero-order valence-corrected chi connectivity index (χ0v) is 10.9. The molecule has 0 rings (SSSR count). The Morgan fingerprint density at radius 2 is 2.00 bits per heavy atom. The van der Waals surface area contributed by atoms with Crippen molar-refractivity contribution in [3.05, 3.63) is 0 Å². The van der Waals surface area contributed by atoms with Gasteiger partial charge in [-0.25, -0.2) is 4.79 Å². The fraction of sp³-hybridized carbons (Fsp3) is 0.909. The van der Waals surface area contributed by atoms with Crippen LogP contribution in [0.2, 0.25) is 0 Å². The number of likely N-dealkylation sites (N-methyl/N-ethyl adjacent to an activating group) is 1. The van der Waals surface area contributed by atoms with Gasteiger partial charge in [-0.2, -0.15) is 0 Å². The van der Waals surface area contributed by atoms with Crippen LogP contribution in [0, 0.1) is 0 Å². The molecule has 96 valence electrons. The topological polar surface area (TPSA) is 64.8 Å². The fourth-order valence-electron chi connectivity index (χ4n) is 1.15. The van der Waals surface area contributed by atoms with E-state index >= 15 is 0 Å². The summed E-state index contributed by atoms with van der Waals surface area (Å²) in [7, 11) is 1.68. The molecule has 0 aliphatic carbocycles. The smallest absolute Gasteiger partial charge is 0.410 e. The van der Waals surface area contributed by atoms with Crippen molar-refractivity contribution in [1.29, 1.82) is 0 Å². The van der Waals surface area contributed by atoms with Crippen molar-refractivity contribution in [3.8, 4) is 0 Å². The van der Waals surface area contributed by atoms with Gasteiger partial charge in [-0.1, -0.05) is 0 Å². The maximum Gasteiger partial charge on any atom is 0.410 e. The normalized spacial score (nSPS) is 13.4. The molecule has 5 heteroatoms. The van der Waals surface area contributed by atoms with E-state index in [1.165, 1.54) is 4.90 Å². The highest BCUT2D eigenvalue weighted by Crippen LogP contribution is 2.09. The molecule has 0 saturated heterocycles. The molecule has 0 aromatic rings. The summed E-state index contributed by atoms with van der Waals surface area (Å²) in [5.74, 6) is 0. The minimum absolute atomic E-state index is 0.137. The minimum Gasteiger partial charge on any atom is -0.444 e. The Morgan fingerprint density at radius 3 is 2.38 bits per heavy atom. The molecule has 0 fully saturated rings. The van der Waals surface area contributed by atoms with Crippen molar-refractivity contribution in [3.63, 3.8) is 0 Å². The van der Waals surface area contributed by atoms with Gasteiger partial charge in [-0.15, -0.1) is 0 Å². The largest absolute Gasteiger partial charge is 0.444 e. The van der Waals surface area contributed by atoms with Crippen LogP contribution in [0.4, 0.5) is 4.79 Å². The van der Waals surface area contributed by atoms with E-state index in [1.807, 2.05) is 27.7 Å². The number of nitrogens with zero attached hydrogens (tertiary/aromatic N) is 1. The van der Waals surface area contributed by atoms with Gasteiger partial charge in [0, 0.05) is 20.2 Å². The second-order valence-corrected chi connectivity index (χ2v) is 4.67. The molecule has 0 spiro atoms. The Morgan fingerprint density at radius 1 is 1.44 bits per heavy atom. The predicted octanol–water partition coefficient (Wildman–Crippen LogP) is 1.22. The second-order valence-electron chi connectivity index (χ2n) is 4.67. The summed E-state index contributed by atoms with van der Waals surface area (Å²) in [4.78, 5) is 13.1. The number of hydrogen-bond acceptors (Lipinski definition) is 4. The minimum atomic E-state index is -0.477. The van der Waals surface area contributed by atoms with Crippen LogP contribution in [-0.4, -0.2) is 49.4 Å². The standard InChI is InChI=1S/C11H24N2O3/c1-6-15-9(7-12)8-13(5)10(14)16-11(2,3)4/h9H,6-8,12H2,1-5H3/t9-/m1/s1. The van der Waals surface area contributed by atoms with Crippen molar-refractivity contribution in [2.24, 2.45) is 5.73 Å². The summed E-state index contributed by atoms with van der Waals surface area (Å²) in [6, 6.07) is 0. The molecule has 5 nitrogen and oxygen atoms in total. The third-order valence-corrected chi connectivity index (χ3v) is 1.85. The number of nitrogens with two attached hydrogens (primary N) is 1. The van der Waals surface area contributed by atoms with Crippen molar-refractivity contribution in [2.75, 3.05) is 26.7 Å². The summed E-state index contributed by atoms with van der Waals surface area (Å²) in [5.41, 5.74) is 5.05. The van der Waals surface area contributed by atoms with Gasteiger partial charge in [0.25, 0.3) is 0 Å². The summed E-state index contributed by atoms with van der Waals surface area (Å²) in [6.07, 6.45) is -0.492. The number of carbonyl (C=O) groups excluding carboxylic acids is 1. The van der Waals surface area contributed by atoms with E-state index < -0.39 is 5.60 Å². The van der Waals surface area contributed by atoms with E-state index in [4.69, 9.17) is 15.2 Å². The van der Waals surface area contributed by atoms with E-state index in [0.717, 1.165) is 0 Å². The van der Waals surface area contributed by atoms with Crippen LogP contribution in [0.3, 0.4) is 0 Å². The third-order valence-electron chi connectivity index (χ3n) is 1.85. The number of rotatable bonds is 5. The van der Waals surface area contributed by atoms with Crippen LogP contribution in [-0.2, 0) is 9.47 Å². The van der Waals surface area contributed by atoms with E-state index in [9.17, 15) is 4.79 Å². The van der Waals surface area contributed by atoms with Crippen LogP contribution in [0.25, 0.3) is 0 Å². The molecular weight excluding hydrogens is 208 g/mol. The molecular formula is C11H24N2O3. The number of ether oxygens (including phenoxy) is 2. The maximum absolute atomic E-state index is 11.6. The molecule has 16 heavy (non-hydrogen) atoms. The maximum atomic E-state index is 11.6. The Balaban J connectivity index is 4.13. The van der Waals surface area contributed by atoms with Crippen molar-refractivity contribution in [2.45, 2.75) is 39.4 Å². The number of hydrogen-bond donors (Lipinski definition) is 1. The Kier molecular flexibility index (Phi) is 6.36. The quantitative estimate of drug-likeness (QED) is 0.774. The lowest BCUT2D eigenvalue weighted by Crippen LogP contribution is -2.41. The van der Waals surface area contributed by atoms with Crippen LogP contribution in [0.15, 0.2) is 0 Å². The summed E-state index contributed by atoms with van der Waals surface area (Å²) in [6.45, 7) is 8.82. The zero-order chi connectivity index (χ0) is 12.8. The first-order valence-corrected chi connectivity index (χ1v) is 5.56. The first-order valence-electron chi connectivity index (χ1n) is 5.56. The average molecular weight is 232 g/mol. The zero-order valence-electron chi connectivity index (χ0n) is 10.9. The van der Waals surface area contributed by atoms with Crippen LogP contribution < -0.4 is 5.73 Å². The van der Waals surface area contributed by atoms with Gasteiger partial charge in [0.1, 0.15) is 5.60 Å². The molecule has 0 aliphatic heterocycles. The summed E-state index contributed by atoms with van der Waals surface area (Å²) in [5, 5.41) is 0. The fourth-order valence-corrected chi connectivity index (χ4v) is 1.15. The lowest BCUT2D eigenvalue weighted by molar-refractivity contribution is 0.00849. The van der Waals surface area contributed by atoms with Crippen LogP contribution in [0.5, 0.6) is 0 Å². The molecule has 0 bridgehead atoms. The Bertz CT molecular complexity index is 214. The molecule has 0 aromatic carbocycles. The highest BCUT2D eigenvalue weighted by Gasteiger charge is 2.21. The molecule has 0 radical (unpaired) electrons. The number of carbonyl (C=O) groups is 1. The molecule has 1 amide bonds. The van der Waals surface area contributed by atoms with E-state index in [1.54, 1.807) is 7.05 Å². The lowest BCUT2D eigenvalue weighted by atomic mass is 10.2. The molecule has 0 aliphatic rings. The van der Waals surface area contributed by atoms with Gasteiger partial charge >= 0.3 is 6.09 Å². The molecule has 0 heterocycles. The molecule has 2 N–H and O–H groups in total.